The minimum absolute atomic E-state index is 0.150. The number of benzene rings is 1. The van der Waals surface area contributed by atoms with E-state index in [0.29, 0.717) is 17.3 Å². The lowest BCUT2D eigenvalue weighted by Crippen LogP contribution is -2.25. The summed E-state index contributed by atoms with van der Waals surface area (Å²) in [6.45, 7) is -0.121. The highest BCUT2D eigenvalue weighted by Crippen LogP contribution is 2.39. The van der Waals surface area contributed by atoms with Crippen molar-refractivity contribution >= 4 is 11.9 Å². The van der Waals surface area contributed by atoms with Crippen molar-refractivity contribution in [2.24, 2.45) is 0 Å². The third-order valence-electron chi connectivity index (χ3n) is 4.27. The van der Waals surface area contributed by atoms with E-state index >= 15 is 0 Å². The van der Waals surface area contributed by atoms with Gasteiger partial charge in [-0.05, 0) is 31.0 Å². The molecule has 9 nitrogen and oxygen atoms in total. The molecule has 0 saturated heterocycles. The van der Waals surface area contributed by atoms with Crippen LogP contribution in [-0.2, 0) is 17.9 Å². The molecular formula is C18H18N6O3. The third-order valence-corrected chi connectivity index (χ3v) is 4.27. The maximum absolute atomic E-state index is 12.7. The van der Waals surface area contributed by atoms with Crippen LogP contribution in [0.2, 0.25) is 0 Å². The number of carbonyl (C=O) groups excluding carboxylic acids is 1. The normalized spacial score (nSPS) is 13.5. The summed E-state index contributed by atoms with van der Waals surface area (Å²) in [7, 11) is 0. The van der Waals surface area contributed by atoms with E-state index in [1.165, 1.54) is 10.9 Å². The lowest BCUT2D eigenvalue weighted by molar-refractivity contribution is -0.137. The number of rotatable bonds is 7. The van der Waals surface area contributed by atoms with Gasteiger partial charge in [-0.15, -0.1) is 5.10 Å². The first-order valence-corrected chi connectivity index (χ1v) is 8.64. The number of aliphatic carboxylic acids is 1. The van der Waals surface area contributed by atoms with Crippen LogP contribution in [0, 0.1) is 0 Å². The first kappa shape index (κ1) is 17.0. The summed E-state index contributed by atoms with van der Waals surface area (Å²) in [5, 5.41) is 23.8. The molecule has 27 heavy (non-hydrogen) atoms. The molecule has 9 heteroatoms. The number of hydrogen-bond acceptors (Lipinski definition) is 5. The summed E-state index contributed by atoms with van der Waals surface area (Å²) >= 11 is 0. The van der Waals surface area contributed by atoms with Crippen molar-refractivity contribution in [2.75, 3.05) is 0 Å². The van der Waals surface area contributed by atoms with E-state index in [4.69, 9.17) is 5.11 Å². The molecule has 4 rings (SSSR count). The van der Waals surface area contributed by atoms with Gasteiger partial charge in [0.2, 0.25) is 0 Å². The van der Waals surface area contributed by atoms with Gasteiger partial charge in [0, 0.05) is 5.92 Å². The molecule has 2 heterocycles. The van der Waals surface area contributed by atoms with Crippen LogP contribution in [0.25, 0.3) is 5.69 Å². The Morgan fingerprint density at radius 1 is 1.22 bits per heavy atom. The van der Waals surface area contributed by atoms with Gasteiger partial charge >= 0.3 is 5.97 Å². The SMILES string of the molecule is O=C(O)Cn1cc(CNC(=O)c2cc(C3CC3)nn2-c2ccccc2)nn1. The van der Waals surface area contributed by atoms with E-state index in [2.05, 4.69) is 20.7 Å². The summed E-state index contributed by atoms with van der Waals surface area (Å²) in [4.78, 5) is 23.4. The average Bonchev–Trinajstić information content (AvgIpc) is 3.26. The molecule has 1 amide bonds. The maximum atomic E-state index is 12.7. The molecule has 138 valence electrons. The van der Waals surface area contributed by atoms with Gasteiger partial charge in [-0.3, -0.25) is 9.59 Å². The molecule has 1 fully saturated rings. The Bertz CT molecular complexity index is 974. The van der Waals surface area contributed by atoms with Crippen molar-refractivity contribution in [2.45, 2.75) is 31.8 Å². The Hall–Kier alpha value is -3.49. The van der Waals surface area contributed by atoms with E-state index in [9.17, 15) is 9.59 Å². The summed E-state index contributed by atoms with van der Waals surface area (Å²) < 4.78 is 2.87. The molecule has 0 bridgehead atoms. The first-order valence-electron chi connectivity index (χ1n) is 8.64. The predicted octanol–water partition coefficient (Wildman–Crippen LogP) is 1.36. The van der Waals surface area contributed by atoms with Gasteiger partial charge in [0.25, 0.3) is 5.91 Å². The Labute approximate surface area is 154 Å². The summed E-state index contributed by atoms with van der Waals surface area (Å²) in [5.74, 6) is -0.849. The van der Waals surface area contributed by atoms with Crippen molar-refractivity contribution in [3.8, 4) is 5.69 Å². The maximum Gasteiger partial charge on any atom is 0.325 e. The monoisotopic (exact) mass is 366 g/mol. The highest BCUT2D eigenvalue weighted by atomic mass is 16.4. The summed E-state index contributed by atoms with van der Waals surface area (Å²) in [6, 6.07) is 11.3. The second-order valence-electron chi connectivity index (χ2n) is 6.46. The molecular weight excluding hydrogens is 348 g/mol. The zero-order chi connectivity index (χ0) is 18.8. The van der Waals surface area contributed by atoms with Crippen molar-refractivity contribution in [1.29, 1.82) is 0 Å². The smallest absolute Gasteiger partial charge is 0.325 e. The fourth-order valence-corrected chi connectivity index (χ4v) is 2.80. The highest BCUT2D eigenvalue weighted by Gasteiger charge is 2.29. The van der Waals surface area contributed by atoms with Crippen LogP contribution < -0.4 is 5.32 Å². The molecule has 0 radical (unpaired) electrons. The number of para-hydroxylation sites is 1. The number of carbonyl (C=O) groups is 2. The summed E-state index contributed by atoms with van der Waals surface area (Å²) in [6.07, 6.45) is 3.69. The molecule has 1 aliphatic rings. The largest absolute Gasteiger partial charge is 0.480 e. The Morgan fingerprint density at radius 2 is 2.00 bits per heavy atom. The number of nitrogens with one attached hydrogen (secondary N) is 1. The van der Waals surface area contributed by atoms with Crippen LogP contribution >= 0.6 is 0 Å². The molecule has 1 saturated carbocycles. The standard InChI is InChI=1S/C18H18N6O3/c25-17(26)11-23-10-13(20-22-23)9-19-18(27)16-8-15(12-6-7-12)21-24(16)14-4-2-1-3-5-14/h1-5,8,10,12H,6-7,9,11H2,(H,19,27)(H,25,26). The number of aromatic nitrogens is 5. The second kappa shape index (κ2) is 7.02. The van der Waals surface area contributed by atoms with Gasteiger partial charge in [-0.2, -0.15) is 5.10 Å². The molecule has 3 aromatic rings. The fourth-order valence-electron chi connectivity index (χ4n) is 2.80. The lowest BCUT2D eigenvalue weighted by atomic mass is 10.2. The van der Waals surface area contributed by atoms with Crippen molar-refractivity contribution in [3.05, 3.63) is 59.7 Å². The van der Waals surface area contributed by atoms with Crippen LogP contribution in [-0.4, -0.2) is 41.8 Å². The topological polar surface area (TPSA) is 115 Å². The molecule has 2 N–H and O–H groups in total. The van der Waals surface area contributed by atoms with Crippen LogP contribution in [0.1, 0.15) is 40.6 Å². The lowest BCUT2D eigenvalue weighted by Gasteiger charge is -2.07. The van der Waals surface area contributed by atoms with Gasteiger partial charge in [-0.1, -0.05) is 23.4 Å². The number of hydrogen-bond donors (Lipinski definition) is 2. The van der Waals surface area contributed by atoms with Crippen molar-refractivity contribution in [1.82, 2.24) is 30.1 Å². The zero-order valence-corrected chi connectivity index (χ0v) is 14.4. The van der Waals surface area contributed by atoms with E-state index in [-0.39, 0.29) is 19.0 Å². The van der Waals surface area contributed by atoms with Crippen LogP contribution in [0.15, 0.2) is 42.6 Å². The van der Waals surface area contributed by atoms with Crippen molar-refractivity contribution < 1.29 is 14.7 Å². The minimum Gasteiger partial charge on any atom is -0.480 e. The molecule has 1 aromatic carbocycles. The number of carboxylic acid groups (broad SMARTS) is 1. The number of nitrogens with zero attached hydrogens (tertiary/aromatic N) is 5. The van der Waals surface area contributed by atoms with Crippen molar-refractivity contribution in [3.63, 3.8) is 0 Å². The van der Waals surface area contributed by atoms with Gasteiger partial charge in [-0.25, -0.2) is 9.36 Å². The van der Waals surface area contributed by atoms with Gasteiger partial charge < -0.3 is 10.4 Å². The fraction of sp³-hybridized carbons (Fsp3) is 0.278. The summed E-state index contributed by atoms with van der Waals surface area (Å²) in [5.41, 5.74) is 2.69. The molecule has 1 aliphatic carbocycles. The van der Waals surface area contributed by atoms with Gasteiger partial charge in [0.05, 0.1) is 24.1 Å². The van der Waals surface area contributed by atoms with E-state index < -0.39 is 5.97 Å². The van der Waals surface area contributed by atoms with Gasteiger partial charge in [0.1, 0.15) is 17.9 Å². The molecule has 2 aromatic heterocycles. The van der Waals surface area contributed by atoms with Gasteiger partial charge in [0.15, 0.2) is 0 Å². The number of carboxylic acids is 1. The molecule has 0 aliphatic heterocycles. The zero-order valence-electron chi connectivity index (χ0n) is 14.4. The Kier molecular flexibility index (Phi) is 4.41. The molecule has 0 atom stereocenters. The Balaban J connectivity index is 1.51. The quantitative estimate of drug-likeness (QED) is 0.652. The van der Waals surface area contributed by atoms with Crippen LogP contribution in [0.4, 0.5) is 0 Å². The third kappa shape index (κ3) is 3.86. The second-order valence-corrected chi connectivity index (χ2v) is 6.46. The minimum atomic E-state index is -1.00. The van der Waals surface area contributed by atoms with E-state index in [0.717, 1.165) is 24.2 Å². The van der Waals surface area contributed by atoms with E-state index in [1.807, 2.05) is 36.4 Å². The first-order chi connectivity index (χ1) is 13.1. The number of amides is 1. The molecule has 0 spiro atoms. The Morgan fingerprint density at radius 3 is 2.70 bits per heavy atom. The van der Waals surface area contributed by atoms with Crippen LogP contribution in [0.5, 0.6) is 0 Å². The van der Waals surface area contributed by atoms with E-state index in [1.54, 1.807) is 4.68 Å². The average molecular weight is 366 g/mol. The predicted molar refractivity (Wildman–Crippen MR) is 94.4 cm³/mol. The highest BCUT2D eigenvalue weighted by molar-refractivity contribution is 5.93. The molecule has 0 unspecified atom stereocenters. The van der Waals surface area contributed by atoms with Crippen LogP contribution in [0.3, 0.4) is 0 Å².